The zero-order valence-corrected chi connectivity index (χ0v) is 12.4. The van der Waals surface area contributed by atoms with Crippen LogP contribution in [0.1, 0.15) is 0 Å². The van der Waals surface area contributed by atoms with Crippen LogP contribution in [0.15, 0.2) is 25.3 Å². The summed E-state index contributed by atoms with van der Waals surface area (Å²) in [7, 11) is -7.06. The molecule has 20 heavy (non-hydrogen) atoms. The molecule has 2 unspecified atom stereocenters. The Morgan fingerprint density at radius 3 is 1.55 bits per heavy atom. The molecular weight excluding hydrogens is 308 g/mol. The van der Waals surface area contributed by atoms with Crippen molar-refractivity contribution in [2.75, 3.05) is 23.0 Å². The summed E-state index contributed by atoms with van der Waals surface area (Å²) in [5.41, 5.74) is 0. The monoisotopic (exact) mass is 324 g/mol. The molecule has 0 spiro atoms. The van der Waals surface area contributed by atoms with Crippen molar-refractivity contribution in [3.8, 4) is 0 Å². The molecule has 0 aromatic rings. The average Bonchev–Trinajstić information content (AvgIpc) is 2.56. The van der Waals surface area contributed by atoms with E-state index in [2.05, 4.69) is 13.2 Å². The first-order valence-electron chi connectivity index (χ1n) is 5.69. The summed E-state index contributed by atoms with van der Waals surface area (Å²) < 4.78 is 56.0. The van der Waals surface area contributed by atoms with Crippen LogP contribution < -0.4 is 0 Å². The second kappa shape index (κ2) is 6.40. The Bertz CT molecular complexity index is 536. The third kappa shape index (κ3) is 4.97. The Morgan fingerprint density at radius 1 is 0.900 bits per heavy atom. The molecule has 1 rings (SSSR count). The van der Waals surface area contributed by atoms with E-state index < -0.39 is 49.5 Å². The number of hydrogen-bond donors (Lipinski definition) is 0. The van der Waals surface area contributed by atoms with Gasteiger partial charge in [0.15, 0.2) is 31.9 Å². The normalized spacial score (nSPS) is 22.9. The van der Waals surface area contributed by atoms with Gasteiger partial charge in [-0.1, -0.05) is 12.2 Å². The van der Waals surface area contributed by atoms with Crippen LogP contribution in [0.4, 0.5) is 4.79 Å². The SMILES string of the molecule is C=CCS(=O)(=O)CC1OC(=O)OC1CS(=O)(=O)CC=C. The van der Waals surface area contributed by atoms with E-state index in [-0.39, 0.29) is 11.5 Å². The van der Waals surface area contributed by atoms with E-state index in [1.165, 1.54) is 12.2 Å². The van der Waals surface area contributed by atoms with Gasteiger partial charge in [0, 0.05) is 0 Å². The molecular formula is C11H16O7S2. The lowest BCUT2D eigenvalue weighted by atomic mass is 10.3. The highest BCUT2D eigenvalue weighted by Gasteiger charge is 2.41. The smallest absolute Gasteiger partial charge is 0.426 e. The number of rotatable bonds is 8. The maximum absolute atomic E-state index is 11.6. The third-order valence-corrected chi connectivity index (χ3v) is 5.65. The van der Waals surface area contributed by atoms with Crippen LogP contribution in [0.3, 0.4) is 0 Å². The molecule has 1 heterocycles. The molecule has 0 bridgehead atoms. The maximum Gasteiger partial charge on any atom is 0.509 e. The number of ether oxygens (including phenoxy) is 2. The molecule has 0 aliphatic carbocycles. The number of cyclic esters (lactones) is 2. The molecule has 0 saturated carbocycles. The van der Waals surface area contributed by atoms with Gasteiger partial charge in [-0.3, -0.25) is 0 Å². The van der Waals surface area contributed by atoms with Crippen LogP contribution >= 0.6 is 0 Å². The lowest BCUT2D eigenvalue weighted by Gasteiger charge is -2.14. The van der Waals surface area contributed by atoms with Gasteiger partial charge in [-0.05, 0) is 0 Å². The summed E-state index contributed by atoms with van der Waals surface area (Å²) in [5, 5.41) is 0. The number of carbonyl (C=O) groups excluding carboxylic acids is 1. The molecule has 1 saturated heterocycles. The summed E-state index contributed by atoms with van der Waals surface area (Å²) in [5.74, 6) is -1.57. The number of sulfone groups is 2. The Morgan fingerprint density at radius 2 is 1.25 bits per heavy atom. The van der Waals surface area contributed by atoms with E-state index in [1.807, 2.05) is 0 Å². The van der Waals surface area contributed by atoms with E-state index in [9.17, 15) is 21.6 Å². The van der Waals surface area contributed by atoms with Gasteiger partial charge in [-0.2, -0.15) is 0 Å². The standard InChI is InChI=1S/C11H16O7S2/c1-3-5-19(13,14)7-9-10(18-11(12)17-9)8-20(15,16)6-4-2/h3-4,9-10H,1-2,5-8H2. The first-order valence-corrected chi connectivity index (χ1v) is 9.33. The van der Waals surface area contributed by atoms with Crippen LogP contribution in [0, 0.1) is 0 Å². The average molecular weight is 324 g/mol. The molecule has 0 radical (unpaired) electrons. The first kappa shape index (κ1) is 16.7. The van der Waals surface area contributed by atoms with Gasteiger partial charge in [-0.25, -0.2) is 21.6 Å². The van der Waals surface area contributed by atoms with Crippen LogP contribution in [-0.4, -0.2) is 58.2 Å². The Kier molecular flexibility index (Phi) is 5.35. The number of hydrogen-bond acceptors (Lipinski definition) is 7. The van der Waals surface area contributed by atoms with Crippen LogP contribution in [0.5, 0.6) is 0 Å². The predicted molar refractivity (Wildman–Crippen MR) is 72.8 cm³/mol. The lowest BCUT2D eigenvalue weighted by molar-refractivity contribution is 0.119. The summed E-state index contributed by atoms with van der Waals surface area (Å²) in [6.07, 6.45) is -0.922. The van der Waals surface area contributed by atoms with Crippen molar-refractivity contribution in [2.24, 2.45) is 0 Å². The van der Waals surface area contributed by atoms with E-state index >= 15 is 0 Å². The molecule has 2 atom stereocenters. The second-order valence-electron chi connectivity index (χ2n) is 4.29. The fourth-order valence-electron chi connectivity index (χ4n) is 1.71. The highest BCUT2D eigenvalue weighted by atomic mass is 32.2. The minimum absolute atomic E-state index is 0.285. The Balaban J connectivity index is 2.82. The summed E-state index contributed by atoms with van der Waals surface area (Å²) in [6, 6.07) is 0. The molecule has 0 aromatic carbocycles. The van der Waals surface area contributed by atoms with E-state index in [4.69, 9.17) is 9.47 Å². The van der Waals surface area contributed by atoms with Crippen LogP contribution in [-0.2, 0) is 29.1 Å². The van der Waals surface area contributed by atoms with Gasteiger partial charge in [0.1, 0.15) is 0 Å². The van der Waals surface area contributed by atoms with E-state index in [1.54, 1.807) is 0 Å². The van der Waals surface area contributed by atoms with Crippen molar-refractivity contribution in [2.45, 2.75) is 12.2 Å². The van der Waals surface area contributed by atoms with E-state index in [0.29, 0.717) is 0 Å². The lowest BCUT2D eigenvalue weighted by Crippen LogP contribution is -2.36. The molecule has 0 N–H and O–H groups in total. The zero-order valence-electron chi connectivity index (χ0n) is 10.7. The van der Waals surface area contributed by atoms with Crippen molar-refractivity contribution in [1.82, 2.24) is 0 Å². The van der Waals surface area contributed by atoms with Crippen LogP contribution in [0.2, 0.25) is 0 Å². The zero-order chi connectivity index (χ0) is 15.4. The van der Waals surface area contributed by atoms with Crippen molar-refractivity contribution in [3.05, 3.63) is 25.3 Å². The quantitative estimate of drug-likeness (QED) is 0.460. The van der Waals surface area contributed by atoms with Crippen molar-refractivity contribution >= 4 is 25.8 Å². The summed E-state index contributed by atoms with van der Waals surface area (Å²) in [4.78, 5) is 11.1. The second-order valence-corrected chi connectivity index (χ2v) is 8.60. The number of carbonyl (C=O) groups is 1. The first-order chi connectivity index (χ1) is 9.19. The molecule has 1 aliphatic rings. The van der Waals surface area contributed by atoms with Crippen molar-refractivity contribution in [1.29, 1.82) is 0 Å². The highest BCUT2D eigenvalue weighted by molar-refractivity contribution is 7.92. The minimum atomic E-state index is -3.53. The maximum atomic E-state index is 11.6. The van der Waals surface area contributed by atoms with Crippen molar-refractivity contribution in [3.63, 3.8) is 0 Å². The molecule has 114 valence electrons. The predicted octanol–water partition coefficient (Wildman–Crippen LogP) is 0.0920. The summed E-state index contributed by atoms with van der Waals surface area (Å²) >= 11 is 0. The van der Waals surface area contributed by atoms with Gasteiger partial charge < -0.3 is 9.47 Å². The minimum Gasteiger partial charge on any atom is -0.426 e. The summed E-state index contributed by atoms with van der Waals surface area (Å²) in [6.45, 7) is 6.63. The molecule has 1 aliphatic heterocycles. The molecule has 1 fully saturated rings. The fraction of sp³-hybridized carbons (Fsp3) is 0.545. The Hall–Kier alpha value is -1.35. The van der Waals surface area contributed by atoms with Gasteiger partial charge in [0.25, 0.3) is 0 Å². The molecule has 0 aromatic heterocycles. The topological polar surface area (TPSA) is 104 Å². The molecule has 0 amide bonds. The van der Waals surface area contributed by atoms with Gasteiger partial charge in [-0.15, -0.1) is 13.2 Å². The highest BCUT2D eigenvalue weighted by Crippen LogP contribution is 2.19. The van der Waals surface area contributed by atoms with E-state index in [0.717, 1.165) is 0 Å². The van der Waals surface area contributed by atoms with Crippen molar-refractivity contribution < 1.29 is 31.1 Å². The van der Waals surface area contributed by atoms with Gasteiger partial charge in [0.2, 0.25) is 0 Å². The molecule has 9 heteroatoms. The fourth-order valence-corrected chi connectivity index (χ4v) is 4.26. The molecule has 7 nitrogen and oxygen atoms in total. The van der Waals surface area contributed by atoms with Gasteiger partial charge in [0.05, 0.1) is 23.0 Å². The largest absolute Gasteiger partial charge is 0.509 e. The van der Waals surface area contributed by atoms with Gasteiger partial charge >= 0.3 is 6.16 Å². The Labute approximate surface area is 118 Å². The third-order valence-electron chi connectivity index (χ3n) is 2.49. The van der Waals surface area contributed by atoms with Crippen LogP contribution in [0.25, 0.3) is 0 Å².